The third kappa shape index (κ3) is 2.82. The van der Waals surface area contributed by atoms with Crippen LogP contribution in [0.4, 0.5) is 0 Å². The van der Waals surface area contributed by atoms with Crippen molar-refractivity contribution in [2.45, 2.75) is 19.3 Å². The molecule has 0 saturated carbocycles. The Hall–Kier alpha value is -1.97. The van der Waals surface area contributed by atoms with Crippen LogP contribution in [-0.4, -0.2) is 16.2 Å². The first-order valence-electron chi connectivity index (χ1n) is 7.74. The van der Waals surface area contributed by atoms with Crippen LogP contribution in [0.1, 0.15) is 22.7 Å². The molecule has 120 valence electrons. The standard InChI is InChI=1S/C19H21ClN2O/c1-12-19(15-5-3-4-6-17(15)22(12)2)14(11-21)9-13-7-8-18(23)16(20)10-13/h3-8,10,14,23H,9,11,21H2,1-2H3. The smallest absolute Gasteiger partial charge is 0.134 e. The minimum atomic E-state index is 0.112. The second-order valence-electron chi connectivity index (χ2n) is 6.00. The van der Waals surface area contributed by atoms with Crippen LogP contribution in [0, 0.1) is 6.92 Å². The van der Waals surface area contributed by atoms with Gasteiger partial charge in [0.2, 0.25) is 0 Å². The van der Waals surface area contributed by atoms with Crippen molar-refractivity contribution in [2.24, 2.45) is 12.8 Å². The van der Waals surface area contributed by atoms with E-state index >= 15 is 0 Å². The predicted molar refractivity (Wildman–Crippen MR) is 96.3 cm³/mol. The maximum absolute atomic E-state index is 9.58. The van der Waals surface area contributed by atoms with Crippen molar-refractivity contribution in [3.63, 3.8) is 0 Å². The van der Waals surface area contributed by atoms with Gasteiger partial charge in [-0.2, -0.15) is 0 Å². The molecule has 1 atom stereocenters. The molecule has 3 aromatic rings. The number of phenolic OH excluding ortho intramolecular Hbond substituents is 1. The fraction of sp³-hybridized carbons (Fsp3) is 0.263. The molecule has 0 spiro atoms. The number of fused-ring (bicyclic) bond motifs is 1. The number of aromatic hydroxyl groups is 1. The van der Waals surface area contributed by atoms with E-state index in [9.17, 15) is 5.11 Å². The van der Waals surface area contributed by atoms with Crippen LogP contribution in [-0.2, 0) is 13.5 Å². The first-order valence-corrected chi connectivity index (χ1v) is 8.12. The fourth-order valence-electron chi connectivity index (χ4n) is 3.33. The van der Waals surface area contributed by atoms with Gasteiger partial charge in [-0.25, -0.2) is 0 Å². The monoisotopic (exact) mass is 328 g/mol. The molecule has 3 N–H and O–H groups in total. The van der Waals surface area contributed by atoms with Crippen LogP contribution in [0.15, 0.2) is 42.5 Å². The molecular formula is C19H21ClN2O. The van der Waals surface area contributed by atoms with Gasteiger partial charge in [-0.15, -0.1) is 0 Å². The topological polar surface area (TPSA) is 51.2 Å². The van der Waals surface area contributed by atoms with Crippen molar-refractivity contribution < 1.29 is 5.11 Å². The highest BCUT2D eigenvalue weighted by molar-refractivity contribution is 6.32. The molecule has 3 rings (SSSR count). The molecule has 0 fully saturated rings. The minimum absolute atomic E-state index is 0.112. The molecule has 0 aliphatic carbocycles. The Balaban J connectivity index is 2.04. The molecular weight excluding hydrogens is 308 g/mol. The highest BCUT2D eigenvalue weighted by Gasteiger charge is 2.20. The van der Waals surface area contributed by atoms with E-state index in [2.05, 4.69) is 42.8 Å². The van der Waals surface area contributed by atoms with Gasteiger partial charge in [-0.3, -0.25) is 0 Å². The summed E-state index contributed by atoms with van der Waals surface area (Å²) in [4.78, 5) is 0. The largest absolute Gasteiger partial charge is 0.506 e. The molecule has 0 aliphatic rings. The van der Waals surface area contributed by atoms with Crippen molar-refractivity contribution in [1.29, 1.82) is 0 Å². The lowest BCUT2D eigenvalue weighted by Crippen LogP contribution is -2.16. The first-order chi connectivity index (χ1) is 11.0. The van der Waals surface area contributed by atoms with Gasteiger partial charge >= 0.3 is 0 Å². The third-order valence-corrected chi connectivity index (χ3v) is 4.94. The van der Waals surface area contributed by atoms with Crippen molar-refractivity contribution in [1.82, 2.24) is 4.57 Å². The molecule has 0 radical (unpaired) electrons. The Kier molecular flexibility index (Phi) is 4.33. The van der Waals surface area contributed by atoms with Gasteiger partial charge in [0.05, 0.1) is 5.02 Å². The number of nitrogens with two attached hydrogens (primary N) is 1. The predicted octanol–water partition coefficient (Wildman–Crippen LogP) is 4.13. The molecule has 0 saturated heterocycles. The Morgan fingerprint density at radius 1 is 1.22 bits per heavy atom. The number of para-hydroxylation sites is 1. The van der Waals surface area contributed by atoms with Crippen molar-refractivity contribution >= 4 is 22.5 Å². The number of benzene rings is 2. The highest BCUT2D eigenvalue weighted by Crippen LogP contribution is 2.33. The number of aromatic nitrogens is 1. The lowest BCUT2D eigenvalue weighted by molar-refractivity contribution is 0.475. The molecule has 0 amide bonds. The molecule has 2 aromatic carbocycles. The van der Waals surface area contributed by atoms with Crippen LogP contribution in [0.3, 0.4) is 0 Å². The molecule has 0 bridgehead atoms. The molecule has 1 aromatic heterocycles. The average Bonchev–Trinajstić information content (AvgIpc) is 2.81. The van der Waals surface area contributed by atoms with Crippen LogP contribution < -0.4 is 5.73 Å². The SMILES string of the molecule is Cc1c(C(CN)Cc2ccc(O)c(Cl)c2)c2ccccc2n1C. The summed E-state index contributed by atoms with van der Waals surface area (Å²) in [6.07, 6.45) is 0.797. The molecule has 4 heteroatoms. The summed E-state index contributed by atoms with van der Waals surface area (Å²) in [5.41, 5.74) is 10.9. The number of halogens is 1. The second kappa shape index (κ2) is 6.26. The summed E-state index contributed by atoms with van der Waals surface area (Å²) < 4.78 is 2.22. The number of hydrogen-bond donors (Lipinski definition) is 2. The third-order valence-electron chi connectivity index (χ3n) is 4.64. The maximum Gasteiger partial charge on any atom is 0.134 e. The first kappa shape index (κ1) is 15.9. The number of rotatable bonds is 4. The van der Waals surface area contributed by atoms with E-state index in [0.29, 0.717) is 11.6 Å². The fourth-order valence-corrected chi connectivity index (χ4v) is 3.53. The van der Waals surface area contributed by atoms with Crippen molar-refractivity contribution in [3.05, 3.63) is 64.3 Å². The van der Waals surface area contributed by atoms with Gasteiger partial charge in [0, 0.05) is 29.6 Å². The number of nitrogens with zero attached hydrogens (tertiary/aromatic N) is 1. The van der Waals surface area contributed by atoms with Gasteiger partial charge in [-0.1, -0.05) is 35.9 Å². The van der Waals surface area contributed by atoms with E-state index in [1.54, 1.807) is 6.07 Å². The van der Waals surface area contributed by atoms with Gasteiger partial charge in [0.15, 0.2) is 0 Å². The summed E-state index contributed by atoms with van der Waals surface area (Å²) >= 11 is 6.03. The van der Waals surface area contributed by atoms with Crippen LogP contribution in [0.2, 0.25) is 5.02 Å². The van der Waals surface area contributed by atoms with E-state index in [0.717, 1.165) is 12.0 Å². The Labute approximate surface area is 141 Å². The summed E-state index contributed by atoms with van der Waals surface area (Å²) in [6.45, 7) is 2.70. The van der Waals surface area contributed by atoms with Crippen LogP contribution in [0.25, 0.3) is 10.9 Å². The van der Waals surface area contributed by atoms with E-state index in [4.69, 9.17) is 17.3 Å². The summed E-state index contributed by atoms with van der Waals surface area (Å²) in [6, 6.07) is 13.8. The minimum Gasteiger partial charge on any atom is -0.506 e. The zero-order valence-electron chi connectivity index (χ0n) is 13.4. The Morgan fingerprint density at radius 2 is 1.96 bits per heavy atom. The van der Waals surface area contributed by atoms with Crippen molar-refractivity contribution in [3.8, 4) is 5.75 Å². The zero-order valence-corrected chi connectivity index (χ0v) is 14.1. The average molecular weight is 329 g/mol. The van der Waals surface area contributed by atoms with Gasteiger partial charge < -0.3 is 15.4 Å². The van der Waals surface area contributed by atoms with E-state index in [1.807, 2.05) is 12.1 Å². The van der Waals surface area contributed by atoms with E-state index < -0.39 is 0 Å². The van der Waals surface area contributed by atoms with Crippen molar-refractivity contribution in [2.75, 3.05) is 6.54 Å². The van der Waals surface area contributed by atoms with Gasteiger partial charge in [0.25, 0.3) is 0 Å². The van der Waals surface area contributed by atoms with E-state index in [1.165, 1.54) is 22.2 Å². The second-order valence-corrected chi connectivity index (χ2v) is 6.40. The zero-order chi connectivity index (χ0) is 16.6. The number of aryl methyl sites for hydroxylation is 1. The summed E-state index contributed by atoms with van der Waals surface area (Å²) in [7, 11) is 2.09. The lowest BCUT2D eigenvalue weighted by atomic mass is 9.90. The Bertz CT molecular complexity index is 854. The van der Waals surface area contributed by atoms with Crippen LogP contribution >= 0.6 is 11.6 Å². The number of phenols is 1. The van der Waals surface area contributed by atoms with Crippen LogP contribution in [0.5, 0.6) is 5.75 Å². The molecule has 1 unspecified atom stereocenters. The Morgan fingerprint density at radius 3 is 2.65 bits per heavy atom. The highest BCUT2D eigenvalue weighted by atomic mass is 35.5. The summed E-state index contributed by atoms with van der Waals surface area (Å²) in [5.74, 6) is 0.322. The quantitative estimate of drug-likeness (QED) is 0.756. The molecule has 1 heterocycles. The molecule has 0 aliphatic heterocycles. The normalized spacial score (nSPS) is 12.7. The summed E-state index contributed by atoms with van der Waals surface area (Å²) in [5, 5.41) is 11.2. The van der Waals surface area contributed by atoms with Gasteiger partial charge in [0.1, 0.15) is 5.75 Å². The van der Waals surface area contributed by atoms with Gasteiger partial charge in [-0.05, 0) is 49.2 Å². The number of hydrogen-bond acceptors (Lipinski definition) is 2. The van der Waals surface area contributed by atoms with E-state index in [-0.39, 0.29) is 11.7 Å². The molecule has 3 nitrogen and oxygen atoms in total. The lowest BCUT2D eigenvalue weighted by Gasteiger charge is -2.17. The molecule has 23 heavy (non-hydrogen) atoms. The maximum atomic E-state index is 9.58.